The van der Waals surface area contributed by atoms with Crippen molar-refractivity contribution < 1.29 is 22.3 Å². The number of benzene rings is 1. The van der Waals surface area contributed by atoms with Gasteiger partial charge in [-0.15, -0.1) is 0 Å². The Hall–Kier alpha value is -3.31. The van der Waals surface area contributed by atoms with Crippen molar-refractivity contribution in [3.63, 3.8) is 0 Å². The lowest BCUT2D eigenvalue weighted by Crippen LogP contribution is -2.48. The van der Waals surface area contributed by atoms with Gasteiger partial charge in [-0.25, -0.2) is 18.7 Å². The third kappa shape index (κ3) is 6.68. The van der Waals surface area contributed by atoms with Gasteiger partial charge in [0, 0.05) is 42.0 Å². The van der Waals surface area contributed by atoms with Gasteiger partial charge in [0.05, 0.1) is 18.3 Å². The Bertz CT molecular complexity index is 1500. The van der Waals surface area contributed by atoms with E-state index >= 15 is 8.78 Å². The number of anilines is 1. The average Bonchev–Trinajstić information content (AvgIpc) is 3.83. The molecular weight excluding hydrogens is 572 g/mol. The Balaban J connectivity index is 1.23. The highest BCUT2D eigenvalue weighted by Crippen LogP contribution is 2.45. The summed E-state index contributed by atoms with van der Waals surface area (Å²) in [7, 11) is 4.21. The summed E-state index contributed by atoms with van der Waals surface area (Å²) < 4.78 is 63.2. The molecular formula is C33H40F4N6O. The third-order valence-corrected chi connectivity index (χ3v) is 8.84. The van der Waals surface area contributed by atoms with Crippen LogP contribution in [0.5, 0.6) is 5.75 Å². The van der Waals surface area contributed by atoms with E-state index in [-0.39, 0.29) is 29.4 Å². The fraction of sp³-hybridized carbons (Fsp3) is 0.545. The molecule has 6 rings (SSSR count). The van der Waals surface area contributed by atoms with Crippen molar-refractivity contribution >= 4 is 5.69 Å². The summed E-state index contributed by atoms with van der Waals surface area (Å²) in [4.78, 5) is 19.9. The van der Waals surface area contributed by atoms with Crippen LogP contribution < -0.4 is 9.64 Å². The van der Waals surface area contributed by atoms with Crippen LogP contribution in [0.1, 0.15) is 74.1 Å². The number of halogens is 4. The van der Waals surface area contributed by atoms with Crippen LogP contribution in [0, 0.1) is 11.6 Å². The van der Waals surface area contributed by atoms with E-state index in [1.807, 2.05) is 6.07 Å². The molecule has 0 spiro atoms. The van der Waals surface area contributed by atoms with Crippen molar-refractivity contribution in [3.8, 4) is 17.0 Å². The topological polar surface area (TPSA) is 57.6 Å². The number of alkyl halides is 2. The SMILES string of the molecule is CC(C)N1CC(F)(F)Oc2c(F)cc(-c3nc(Cc4ccc(C5CCN(CCN(C)C)CC5)c(C5CC5)n4)ncc3F)cc21. The average molecular weight is 613 g/mol. The van der Waals surface area contributed by atoms with Crippen LogP contribution in [-0.4, -0.2) is 83.7 Å². The van der Waals surface area contributed by atoms with Crippen molar-refractivity contribution in [2.45, 2.75) is 69.9 Å². The molecule has 11 heteroatoms. The quantitative estimate of drug-likeness (QED) is 0.266. The summed E-state index contributed by atoms with van der Waals surface area (Å²) in [5, 5.41) is 0. The number of hydrogen-bond acceptors (Lipinski definition) is 7. The maximum Gasteiger partial charge on any atom is 0.416 e. The minimum Gasteiger partial charge on any atom is -0.426 e. The van der Waals surface area contributed by atoms with E-state index in [1.165, 1.54) is 22.2 Å². The van der Waals surface area contributed by atoms with Crippen molar-refractivity contribution in [3.05, 3.63) is 64.9 Å². The van der Waals surface area contributed by atoms with Gasteiger partial charge in [0.25, 0.3) is 0 Å². The highest BCUT2D eigenvalue weighted by molar-refractivity contribution is 5.72. The Morgan fingerprint density at radius 2 is 1.75 bits per heavy atom. The zero-order valence-electron chi connectivity index (χ0n) is 25.8. The fourth-order valence-corrected chi connectivity index (χ4v) is 6.27. The standard InChI is InChI=1S/C33H40F4N6O/c1-20(2)43-19-33(36,37)44-32-26(34)15-23(16-28(32)43)31-27(35)18-38-29(40-31)17-24-7-8-25(30(39-24)22-5-6-22)21-9-11-42(12-10-21)14-13-41(3)4/h7-8,15-16,18,20-22H,5-6,9-14,17,19H2,1-4H3. The van der Waals surface area contributed by atoms with E-state index in [0.717, 1.165) is 69.8 Å². The summed E-state index contributed by atoms with van der Waals surface area (Å²) in [6.07, 6.45) is 2.32. The second-order valence-corrected chi connectivity index (χ2v) is 12.9. The second-order valence-electron chi connectivity index (χ2n) is 12.9. The highest BCUT2D eigenvalue weighted by atomic mass is 19.3. The summed E-state index contributed by atoms with van der Waals surface area (Å²) in [6.45, 7) is 7.03. The number of pyridine rings is 1. The molecule has 44 heavy (non-hydrogen) atoms. The summed E-state index contributed by atoms with van der Waals surface area (Å²) in [6, 6.07) is 6.29. The predicted molar refractivity (Wildman–Crippen MR) is 161 cm³/mol. The minimum atomic E-state index is -3.54. The molecule has 1 aromatic carbocycles. The van der Waals surface area contributed by atoms with Crippen LogP contribution in [-0.2, 0) is 6.42 Å². The molecule has 0 unspecified atom stereocenters. The number of rotatable bonds is 9. The fourth-order valence-electron chi connectivity index (χ4n) is 6.27. The number of fused-ring (bicyclic) bond motifs is 1. The molecule has 0 N–H and O–H groups in total. The lowest BCUT2D eigenvalue weighted by atomic mass is 9.87. The van der Waals surface area contributed by atoms with Crippen molar-refractivity contribution in [1.29, 1.82) is 0 Å². The van der Waals surface area contributed by atoms with Crippen LogP contribution in [0.4, 0.5) is 23.2 Å². The normalized spacial score (nSPS) is 19.0. The molecule has 4 heterocycles. The first-order valence-corrected chi connectivity index (χ1v) is 15.5. The number of aromatic nitrogens is 3. The van der Waals surface area contributed by atoms with Crippen LogP contribution >= 0.6 is 0 Å². The van der Waals surface area contributed by atoms with E-state index < -0.39 is 30.0 Å². The van der Waals surface area contributed by atoms with Gasteiger partial charge in [-0.05, 0) is 96.4 Å². The van der Waals surface area contributed by atoms with E-state index in [2.05, 4.69) is 44.7 Å². The molecule has 1 saturated heterocycles. The second kappa shape index (κ2) is 12.2. The number of likely N-dealkylation sites (N-methyl/N-ethyl adjacent to an activating group) is 1. The smallest absolute Gasteiger partial charge is 0.416 e. The van der Waals surface area contributed by atoms with Gasteiger partial charge in [-0.1, -0.05) is 6.07 Å². The first-order chi connectivity index (χ1) is 21.0. The van der Waals surface area contributed by atoms with Crippen molar-refractivity contribution in [2.75, 3.05) is 51.7 Å². The summed E-state index contributed by atoms with van der Waals surface area (Å²) in [5.41, 5.74) is 3.47. The monoisotopic (exact) mass is 612 g/mol. The van der Waals surface area contributed by atoms with Gasteiger partial charge >= 0.3 is 6.11 Å². The lowest BCUT2D eigenvalue weighted by molar-refractivity contribution is -0.174. The Kier molecular flexibility index (Phi) is 8.54. The molecule has 0 bridgehead atoms. The molecule has 0 atom stereocenters. The van der Waals surface area contributed by atoms with Crippen LogP contribution in [0.2, 0.25) is 0 Å². The van der Waals surface area contributed by atoms with Gasteiger partial charge in [0.2, 0.25) is 0 Å². The van der Waals surface area contributed by atoms with Gasteiger partial charge < -0.3 is 19.4 Å². The molecule has 2 aromatic heterocycles. The van der Waals surface area contributed by atoms with E-state index in [9.17, 15) is 8.78 Å². The maximum absolute atomic E-state index is 15.1. The highest BCUT2D eigenvalue weighted by Gasteiger charge is 2.43. The van der Waals surface area contributed by atoms with Crippen LogP contribution in [0.3, 0.4) is 0 Å². The predicted octanol–water partition coefficient (Wildman–Crippen LogP) is 6.23. The summed E-state index contributed by atoms with van der Waals surface area (Å²) in [5.74, 6) is -0.978. The zero-order chi connectivity index (χ0) is 31.2. The maximum atomic E-state index is 15.1. The van der Waals surface area contributed by atoms with Gasteiger partial charge in [-0.3, -0.25) is 4.98 Å². The number of likely N-dealkylation sites (tertiary alicyclic amines) is 1. The van der Waals surface area contributed by atoms with Gasteiger partial charge in [0.15, 0.2) is 17.4 Å². The van der Waals surface area contributed by atoms with E-state index in [0.29, 0.717) is 17.7 Å². The zero-order valence-corrected chi connectivity index (χ0v) is 25.8. The largest absolute Gasteiger partial charge is 0.426 e. The van der Waals surface area contributed by atoms with Crippen molar-refractivity contribution in [1.82, 2.24) is 24.8 Å². The van der Waals surface area contributed by atoms with E-state index in [4.69, 9.17) is 4.98 Å². The number of hydrogen-bond donors (Lipinski definition) is 0. The van der Waals surface area contributed by atoms with Crippen LogP contribution in [0.15, 0.2) is 30.5 Å². The first kappa shape index (κ1) is 30.7. The lowest BCUT2D eigenvalue weighted by Gasteiger charge is -2.38. The Morgan fingerprint density at radius 3 is 2.43 bits per heavy atom. The van der Waals surface area contributed by atoms with E-state index in [1.54, 1.807) is 13.8 Å². The van der Waals surface area contributed by atoms with Crippen LogP contribution in [0.25, 0.3) is 11.3 Å². The molecule has 2 aliphatic heterocycles. The molecule has 2 fully saturated rings. The third-order valence-electron chi connectivity index (χ3n) is 8.84. The number of piperidine rings is 1. The molecule has 3 aliphatic rings. The Labute approximate surface area is 256 Å². The number of nitrogens with zero attached hydrogens (tertiary/aromatic N) is 6. The number of ether oxygens (including phenoxy) is 1. The molecule has 0 amide bonds. The summed E-state index contributed by atoms with van der Waals surface area (Å²) >= 11 is 0. The van der Waals surface area contributed by atoms with Crippen molar-refractivity contribution in [2.24, 2.45) is 0 Å². The van der Waals surface area contributed by atoms with Gasteiger partial charge in [-0.2, -0.15) is 8.78 Å². The first-order valence-electron chi connectivity index (χ1n) is 15.5. The molecule has 0 radical (unpaired) electrons. The molecule has 7 nitrogen and oxygen atoms in total. The minimum absolute atomic E-state index is 0.0993. The Morgan fingerprint density at radius 1 is 1.00 bits per heavy atom. The molecule has 1 saturated carbocycles. The van der Waals surface area contributed by atoms with Gasteiger partial charge in [0.1, 0.15) is 18.1 Å². The molecule has 236 valence electrons. The molecule has 1 aliphatic carbocycles. The molecule has 3 aromatic rings.